The van der Waals surface area contributed by atoms with Gasteiger partial charge in [-0.25, -0.2) is 9.78 Å². The Hall–Kier alpha value is -0.920. The molecule has 2 aromatic rings. The molecule has 0 amide bonds. The lowest BCUT2D eigenvalue weighted by molar-refractivity contribution is 0.0596. The molecule has 0 fully saturated rings. The van der Waals surface area contributed by atoms with E-state index in [0.717, 1.165) is 14.5 Å². The molecule has 0 saturated heterocycles. The van der Waals surface area contributed by atoms with Crippen LogP contribution in [0.3, 0.4) is 0 Å². The second-order valence-electron chi connectivity index (χ2n) is 3.35. The molecule has 0 saturated carbocycles. The van der Waals surface area contributed by atoms with E-state index in [2.05, 4.69) is 41.6 Å². The van der Waals surface area contributed by atoms with Crippen molar-refractivity contribution < 1.29 is 9.53 Å². The summed E-state index contributed by atoms with van der Waals surface area (Å²) in [5.74, 6) is -0.527. The fraction of sp³-hybridized carbons (Fsp3) is 0.0909. The van der Waals surface area contributed by atoms with Crippen LogP contribution in [0.2, 0.25) is 0 Å². The zero-order valence-corrected chi connectivity index (χ0v) is 13.2. The van der Waals surface area contributed by atoms with Crippen LogP contribution in [-0.2, 0) is 4.74 Å². The molecule has 0 spiro atoms. The molecule has 0 aliphatic rings. The number of benzene rings is 1. The lowest BCUT2D eigenvalue weighted by atomic mass is 10.2. The molecule has 0 aliphatic heterocycles. The average molecular weight is 392 g/mol. The molecule has 0 bridgehead atoms. The number of hydrogen-bond acceptors (Lipinski definition) is 5. The lowest BCUT2D eigenvalue weighted by Crippen LogP contribution is -2.04. The van der Waals surface area contributed by atoms with Crippen molar-refractivity contribution in [2.45, 2.75) is 0 Å². The number of methoxy groups -OCH3 is 1. The van der Waals surface area contributed by atoms with Crippen molar-refractivity contribution in [1.82, 2.24) is 4.98 Å². The zero-order chi connectivity index (χ0) is 13.3. The predicted molar refractivity (Wildman–Crippen MR) is 78.7 cm³/mol. The standard InChI is InChI=1S/C11H8Br2N2O2S/c1-17-11(16)8-9(14)18-10(15-8)6-4-5(12)2-3-7(6)13/h2-4H,14H2,1H3. The number of nitrogens with zero attached hydrogens (tertiary/aromatic N) is 1. The van der Waals surface area contributed by atoms with Crippen LogP contribution >= 0.6 is 43.2 Å². The number of nitrogens with two attached hydrogens (primary N) is 1. The van der Waals surface area contributed by atoms with E-state index in [1.165, 1.54) is 18.4 Å². The zero-order valence-electron chi connectivity index (χ0n) is 9.24. The topological polar surface area (TPSA) is 65.2 Å². The first-order valence-corrected chi connectivity index (χ1v) is 7.23. The molecule has 1 aromatic heterocycles. The molecule has 94 valence electrons. The van der Waals surface area contributed by atoms with Crippen molar-refractivity contribution >= 4 is 54.2 Å². The molecule has 0 atom stereocenters. The van der Waals surface area contributed by atoms with Gasteiger partial charge >= 0.3 is 5.97 Å². The highest BCUT2D eigenvalue weighted by atomic mass is 79.9. The summed E-state index contributed by atoms with van der Waals surface area (Å²) in [4.78, 5) is 15.7. The Morgan fingerprint density at radius 2 is 2.17 bits per heavy atom. The van der Waals surface area contributed by atoms with E-state index in [9.17, 15) is 4.79 Å². The fourth-order valence-corrected chi connectivity index (χ4v) is 3.13. The van der Waals surface area contributed by atoms with E-state index in [1.807, 2.05) is 18.2 Å². The summed E-state index contributed by atoms with van der Waals surface area (Å²) in [5.41, 5.74) is 6.80. The molecule has 0 radical (unpaired) electrons. The predicted octanol–water partition coefficient (Wildman–Crippen LogP) is 3.70. The van der Waals surface area contributed by atoms with Crippen molar-refractivity contribution in [3.63, 3.8) is 0 Å². The number of ether oxygens (including phenoxy) is 1. The lowest BCUT2D eigenvalue weighted by Gasteiger charge is -2.00. The number of thiazole rings is 1. The van der Waals surface area contributed by atoms with Gasteiger partial charge in [0.1, 0.15) is 10.0 Å². The maximum absolute atomic E-state index is 11.5. The van der Waals surface area contributed by atoms with Gasteiger partial charge in [-0.3, -0.25) is 0 Å². The average Bonchev–Trinajstić information content (AvgIpc) is 2.73. The maximum atomic E-state index is 11.5. The number of esters is 1. The third-order valence-corrected chi connectivity index (χ3v) is 4.29. The minimum absolute atomic E-state index is 0.157. The molecule has 2 N–H and O–H groups in total. The van der Waals surface area contributed by atoms with Gasteiger partial charge in [0.05, 0.1) is 7.11 Å². The first-order chi connectivity index (χ1) is 8.52. The number of carbonyl (C=O) groups excluding carboxylic acids is 1. The molecule has 1 aromatic carbocycles. The third kappa shape index (κ3) is 2.57. The molecule has 1 heterocycles. The van der Waals surface area contributed by atoms with E-state index < -0.39 is 5.97 Å². The Bertz CT molecular complexity index is 613. The van der Waals surface area contributed by atoms with Gasteiger partial charge in [0.15, 0.2) is 5.69 Å². The number of anilines is 1. The second-order valence-corrected chi connectivity index (χ2v) is 6.15. The molecule has 0 aliphatic carbocycles. The number of halogens is 2. The van der Waals surface area contributed by atoms with Crippen molar-refractivity contribution in [2.24, 2.45) is 0 Å². The van der Waals surface area contributed by atoms with Crippen LogP contribution in [0.1, 0.15) is 10.5 Å². The van der Waals surface area contributed by atoms with Gasteiger partial charge in [-0.05, 0) is 18.2 Å². The summed E-state index contributed by atoms with van der Waals surface area (Å²) in [6, 6.07) is 5.71. The molecule has 4 nitrogen and oxygen atoms in total. The highest BCUT2D eigenvalue weighted by Crippen LogP contribution is 2.36. The van der Waals surface area contributed by atoms with Crippen LogP contribution in [0.4, 0.5) is 5.00 Å². The van der Waals surface area contributed by atoms with E-state index in [1.54, 1.807) is 0 Å². The van der Waals surface area contributed by atoms with Gasteiger partial charge in [-0.2, -0.15) is 0 Å². The molecular weight excluding hydrogens is 384 g/mol. The number of rotatable bonds is 2. The van der Waals surface area contributed by atoms with E-state index >= 15 is 0 Å². The van der Waals surface area contributed by atoms with E-state index in [0.29, 0.717) is 10.0 Å². The Labute approximate surface area is 124 Å². The fourth-order valence-electron chi connectivity index (χ4n) is 1.35. The van der Waals surface area contributed by atoms with Gasteiger partial charge in [0.25, 0.3) is 0 Å². The van der Waals surface area contributed by atoms with Gasteiger partial charge < -0.3 is 10.5 Å². The molecule has 7 heteroatoms. The van der Waals surface area contributed by atoms with Crippen molar-refractivity contribution in [3.8, 4) is 10.6 Å². The summed E-state index contributed by atoms with van der Waals surface area (Å²) in [6.45, 7) is 0. The van der Waals surface area contributed by atoms with Gasteiger partial charge in [-0.15, -0.1) is 0 Å². The largest absolute Gasteiger partial charge is 0.464 e. The normalized spacial score (nSPS) is 10.4. The molecule has 2 rings (SSSR count). The Kier molecular flexibility index (Phi) is 4.04. The van der Waals surface area contributed by atoms with Crippen molar-refractivity contribution in [3.05, 3.63) is 32.8 Å². The van der Waals surface area contributed by atoms with E-state index in [-0.39, 0.29) is 5.69 Å². The second kappa shape index (κ2) is 5.38. The van der Waals surface area contributed by atoms with Crippen LogP contribution in [0.15, 0.2) is 27.1 Å². The minimum atomic E-state index is -0.527. The SMILES string of the molecule is COC(=O)c1nc(-c2cc(Br)ccc2Br)sc1N. The number of aromatic nitrogens is 1. The van der Waals surface area contributed by atoms with Crippen LogP contribution in [-0.4, -0.2) is 18.1 Å². The van der Waals surface area contributed by atoms with E-state index in [4.69, 9.17) is 5.73 Å². The maximum Gasteiger partial charge on any atom is 0.359 e. The highest BCUT2D eigenvalue weighted by molar-refractivity contribution is 9.11. The van der Waals surface area contributed by atoms with Crippen molar-refractivity contribution in [2.75, 3.05) is 12.8 Å². The highest BCUT2D eigenvalue weighted by Gasteiger charge is 2.18. The molecule has 0 unspecified atom stereocenters. The van der Waals surface area contributed by atoms with Crippen molar-refractivity contribution in [1.29, 1.82) is 0 Å². The van der Waals surface area contributed by atoms with Gasteiger partial charge in [0.2, 0.25) is 0 Å². The number of nitrogen functional groups attached to an aromatic ring is 1. The first-order valence-electron chi connectivity index (χ1n) is 4.83. The summed E-state index contributed by atoms with van der Waals surface area (Å²) in [6.07, 6.45) is 0. The minimum Gasteiger partial charge on any atom is -0.464 e. The third-order valence-electron chi connectivity index (χ3n) is 2.19. The first kappa shape index (κ1) is 13.5. The summed E-state index contributed by atoms with van der Waals surface area (Å²) >= 11 is 8.09. The Balaban J connectivity index is 2.52. The summed E-state index contributed by atoms with van der Waals surface area (Å²) < 4.78 is 6.43. The van der Waals surface area contributed by atoms with Crippen LogP contribution < -0.4 is 5.73 Å². The summed E-state index contributed by atoms with van der Waals surface area (Å²) in [5, 5.41) is 1.02. The van der Waals surface area contributed by atoms with Crippen LogP contribution in [0.5, 0.6) is 0 Å². The Morgan fingerprint density at radius 3 is 2.83 bits per heavy atom. The summed E-state index contributed by atoms with van der Waals surface area (Å²) in [7, 11) is 1.30. The molecule has 18 heavy (non-hydrogen) atoms. The number of hydrogen-bond donors (Lipinski definition) is 1. The molecular formula is C11H8Br2N2O2S. The van der Waals surface area contributed by atoms with Gasteiger partial charge in [-0.1, -0.05) is 43.2 Å². The van der Waals surface area contributed by atoms with Gasteiger partial charge in [0, 0.05) is 14.5 Å². The Morgan fingerprint density at radius 1 is 1.44 bits per heavy atom. The monoisotopic (exact) mass is 390 g/mol. The van der Waals surface area contributed by atoms with Crippen LogP contribution in [0.25, 0.3) is 10.6 Å². The number of carbonyl (C=O) groups is 1. The van der Waals surface area contributed by atoms with Crippen LogP contribution in [0, 0.1) is 0 Å². The smallest absolute Gasteiger partial charge is 0.359 e. The quantitative estimate of drug-likeness (QED) is 0.792.